The van der Waals surface area contributed by atoms with Crippen LogP contribution in [-0.2, 0) is 6.54 Å². The number of nitrogens with zero attached hydrogens (tertiary/aromatic N) is 4. The zero-order valence-corrected chi connectivity index (χ0v) is 15.9. The first-order valence-corrected chi connectivity index (χ1v) is 9.85. The highest BCUT2D eigenvalue weighted by Crippen LogP contribution is 2.29. The standard InChI is InChI=1S/C19H23N5OS/c1-13-6-9-26-17(13)12-23-8-3-4-14(11-23)16-5-7-21-18-15(19(25)20-2)10-22-24(16)18/h5-7,9-10,14H,3-4,8,11-12H2,1-2H3,(H,20,25)/t14-/m1/s1. The summed E-state index contributed by atoms with van der Waals surface area (Å²) in [6, 6.07) is 4.23. The molecular weight excluding hydrogens is 346 g/mol. The van der Waals surface area contributed by atoms with Crippen LogP contribution in [-0.4, -0.2) is 45.5 Å². The van der Waals surface area contributed by atoms with Crippen LogP contribution < -0.4 is 5.32 Å². The molecular formula is C19H23N5OS. The van der Waals surface area contributed by atoms with Crippen molar-refractivity contribution in [2.45, 2.75) is 32.2 Å². The molecule has 1 aliphatic rings. The van der Waals surface area contributed by atoms with Crippen LogP contribution in [0, 0.1) is 6.92 Å². The molecule has 1 fully saturated rings. The van der Waals surface area contributed by atoms with Gasteiger partial charge in [-0.2, -0.15) is 5.10 Å². The Hall–Kier alpha value is -2.25. The van der Waals surface area contributed by atoms with E-state index in [1.54, 1.807) is 19.4 Å². The molecule has 6 nitrogen and oxygen atoms in total. The minimum Gasteiger partial charge on any atom is -0.355 e. The molecule has 0 aromatic carbocycles. The van der Waals surface area contributed by atoms with Gasteiger partial charge >= 0.3 is 0 Å². The summed E-state index contributed by atoms with van der Waals surface area (Å²) in [6.07, 6.45) is 5.71. The predicted octanol–water partition coefficient (Wildman–Crippen LogP) is 2.84. The molecule has 1 N–H and O–H groups in total. The Kier molecular flexibility index (Phi) is 4.74. The summed E-state index contributed by atoms with van der Waals surface area (Å²) in [5, 5.41) is 9.28. The number of piperidine rings is 1. The average molecular weight is 369 g/mol. The van der Waals surface area contributed by atoms with Crippen molar-refractivity contribution >= 4 is 22.9 Å². The summed E-state index contributed by atoms with van der Waals surface area (Å²) in [6.45, 7) is 5.33. The van der Waals surface area contributed by atoms with E-state index < -0.39 is 0 Å². The van der Waals surface area contributed by atoms with Gasteiger partial charge in [-0.15, -0.1) is 11.3 Å². The van der Waals surface area contributed by atoms with Crippen molar-refractivity contribution in [2.24, 2.45) is 0 Å². The number of hydrogen-bond donors (Lipinski definition) is 1. The zero-order valence-electron chi connectivity index (χ0n) is 15.1. The first-order valence-electron chi connectivity index (χ1n) is 8.97. The van der Waals surface area contributed by atoms with Crippen molar-refractivity contribution in [3.8, 4) is 0 Å². The molecule has 136 valence electrons. The normalized spacial score (nSPS) is 18.3. The van der Waals surface area contributed by atoms with Gasteiger partial charge in [-0.1, -0.05) is 0 Å². The minimum absolute atomic E-state index is 0.150. The van der Waals surface area contributed by atoms with Crippen molar-refractivity contribution in [1.82, 2.24) is 24.8 Å². The number of aryl methyl sites for hydroxylation is 1. The second-order valence-corrected chi connectivity index (χ2v) is 7.84. The van der Waals surface area contributed by atoms with Crippen LogP contribution in [0.5, 0.6) is 0 Å². The van der Waals surface area contributed by atoms with E-state index in [2.05, 4.69) is 38.7 Å². The number of aromatic nitrogens is 3. The molecule has 0 radical (unpaired) electrons. The Morgan fingerprint density at radius 3 is 3.08 bits per heavy atom. The van der Waals surface area contributed by atoms with Gasteiger partial charge in [0.05, 0.1) is 11.9 Å². The van der Waals surface area contributed by atoms with Gasteiger partial charge in [-0.3, -0.25) is 9.69 Å². The van der Waals surface area contributed by atoms with Crippen LogP contribution in [0.1, 0.15) is 45.3 Å². The van der Waals surface area contributed by atoms with Crippen LogP contribution in [0.25, 0.3) is 5.65 Å². The largest absolute Gasteiger partial charge is 0.355 e. The second kappa shape index (κ2) is 7.17. The van der Waals surface area contributed by atoms with Gasteiger partial charge in [-0.25, -0.2) is 9.50 Å². The van der Waals surface area contributed by atoms with E-state index in [-0.39, 0.29) is 5.91 Å². The van der Waals surface area contributed by atoms with Crippen molar-refractivity contribution in [3.63, 3.8) is 0 Å². The van der Waals surface area contributed by atoms with E-state index in [1.165, 1.54) is 16.9 Å². The molecule has 0 spiro atoms. The maximum absolute atomic E-state index is 12.0. The van der Waals surface area contributed by atoms with Crippen LogP contribution >= 0.6 is 11.3 Å². The fraction of sp³-hybridized carbons (Fsp3) is 0.421. The summed E-state index contributed by atoms with van der Waals surface area (Å²) in [7, 11) is 1.63. The Morgan fingerprint density at radius 1 is 1.42 bits per heavy atom. The quantitative estimate of drug-likeness (QED) is 0.768. The number of amides is 1. The Bertz CT molecular complexity index is 931. The molecule has 0 bridgehead atoms. The lowest BCUT2D eigenvalue weighted by molar-refractivity contribution is 0.0964. The molecule has 7 heteroatoms. The summed E-state index contributed by atoms with van der Waals surface area (Å²) in [5.74, 6) is 0.245. The van der Waals surface area contributed by atoms with Crippen LogP contribution in [0.4, 0.5) is 0 Å². The monoisotopic (exact) mass is 369 g/mol. The number of hydrogen-bond acceptors (Lipinski definition) is 5. The smallest absolute Gasteiger partial charge is 0.256 e. The molecule has 0 aliphatic carbocycles. The highest BCUT2D eigenvalue weighted by atomic mass is 32.1. The third-order valence-electron chi connectivity index (χ3n) is 5.16. The maximum atomic E-state index is 12.0. The topological polar surface area (TPSA) is 62.5 Å². The maximum Gasteiger partial charge on any atom is 0.256 e. The van der Waals surface area contributed by atoms with Crippen LogP contribution in [0.15, 0.2) is 29.9 Å². The zero-order chi connectivity index (χ0) is 18.1. The van der Waals surface area contributed by atoms with Crippen molar-refractivity contribution in [1.29, 1.82) is 0 Å². The summed E-state index contributed by atoms with van der Waals surface area (Å²) < 4.78 is 1.84. The molecule has 1 aliphatic heterocycles. The van der Waals surface area contributed by atoms with Gasteiger partial charge in [0, 0.05) is 37.1 Å². The molecule has 1 saturated heterocycles. The lowest BCUT2D eigenvalue weighted by Gasteiger charge is -2.32. The van der Waals surface area contributed by atoms with Crippen LogP contribution in [0.3, 0.4) is 0 Å². The van der Waals surface area contributed by atoms with Crippen LogP contribution in [0.2, 0.25) is 0 Å². The van der Waals surface area contributed by atoms with E-state index in [9.17, 15) is 4.79 Å². The number of thiophene rings is 1. The summed E-state index contributed by atoms with van der Waals surface area (Å²) >= 11 is 1.84. The van der Waals surface area contributed by atoms with E-state index in [0.717, 1.165) is 31.7 Å². The van der Waals surface area contributed by atoms with Gasteiger partial charge in [0.2, 0.25) is 0 Å². The predicted molar refractivity (Wildman–Crippen MR) is 103 cm³/mol. The third kappa shape index (κ3) is 3.12. The summed E-state index contributed by atoms with van der Waals surface area (Å²) in [4.78, 5) is 20.4. The van der Waals surface area contributed by atoms with E-state index >= 15 is 0 Å². The molecule has 3 aromatic heterocycles. The molecule has 4 rings (SSSR count). The number of likely N-dealkylation sites (tertiary alicyclic amines) is 1. The Labute approximate surface area is 156 Å². The number of nitrogens with one attached hydrogen (secondary N) is 1. The number of fused-ring (bicyclic) bond motifs is 1. The number of carbonyl (C=O) groups is 1. The van der Waals surface area contributed by atoms with Crippen molar-refractivity contribution in [3.05, 3.63) is 51.6 Å². The fourth-order valence-corrected chi connectivity index (χ4v) is 4.67. The van der Waals surface area contributed by atoms with E-state index in [0.29, 0.717) is 17.1 Å². The lowest BCUT2D eigenvalue weighted by atomic mass is 9.94. The van der Waals surface area contributed by atoms with Gasteiger partial charge in [0.15, 0.2) is 5.65 Å². The second-order valence-electron chi connectivity index (χ2n) is 6.84. The summed E-state index contributed by atoms with van der Waals surface area (Å²) in [5.41, 5.74) is 3.67. The molecule has 26 heavy (non-hydrogen) atoms. The van der Waals surface area contributed by atoms with Gasteiger partial charge in [-0.05, 0) is 49.4 Å². The number of rotatable bonds is 4. The van der Waals surface area contributed by atoms with Gasteiger partial charge in [0.25, 0.3) is 5.91 Å². The molecule has 1 amide bonds. The molecule has 4 heterocycles. The fourth-order valence-electron chi connectivity index (χ4n) is 3.72. The molecule has 0 unspecified atom stereocenters. The minimum atomic E-state index is -0.150. The number of carbonyl (C=O) groups excluding carboxylic acids is 1. The van der Waals surface area contributed by atoms with Crippen molar-refractivity contribution in [2.75, 3.05) is 20.1 Å². The first-order chi connectivity index (χ1) is 12.7. The van der Waals surface area contributed by atoms with Crippen molar-refractivity contribution < 1.29 is 4.79 Å². The van der Waals surface area contributed by atoms with Gasteiger partial charge < -0.3 is 5.32 Å². The van der Waals surface area contributed by atoms with Gasteiger partial charge in [0.1, 0.15) is 5.56 Å². The highest BCUT2D eigenvalue weighted by molar-refractivity contribution is 7.10. The average Bonchev–Trinajstić information content (AvgIpc) is 3.27. The molecule has 3 aromatic rings. The molecule has 1 atom stereocenters. The SMILES string of the molecule is CNC(=O)c1cnn2c([C@@H]3CCCN(Cc4sccc4C)C3)ccnc12. The van der Waals surface area contributed by atoms with E-state index in [1.807, 2.05) is 21.9 Å². The highest BCUT2D eigenvalue weighted by Gasteiger charge is 2.25. The third-order valence-corrected chi connectivity index (χ3v) is 6.17. The Morgan fingerprint density at radius 2 is 2.31 bits per heavy atom. The lowest BCUT2D eigenvalue weighted by Crippen LogP contribution is -2.34. The Balaban J connectivity index is 1.60. The first kappa shape index (κ1) is 17.2. The van der Waals surface area contributed by atoms with E-state index in [4.69, 9.17) is 0 Å². The molecule has 0 saturated carbocycles.